The molecule has 2 aromatic heterocycles. The number of aromatic nitrogens is 2. The Labute approximate surface area is 161 Å². The Balaban J connectivity index is 1.94. The van der Waals surface area contributed by atoms with E-state index in [9.17, 15) is 4.79 Å². The molecule has 144 valence electrons. The quantitative estimate of drug-likeness (QED) is 0.497. The van der Waals surface area contributed by atoms with Gasteiger partial charge in [0.2, 0.25) is 0 Å². The van der Waals surface area contributed by atoms with E-state index in [1.807, 2.05) is 23.6 Å². The van der Waals surface area contributed by atoms with Gasteiger partial charge in [-0.1, -0.05) is 44.4 Å². The lowest BCUT2D eigenvalue weighted by Crippen LogP contribution is -2.14. The molecule has 27 heavy (non-hydrogen) atoms. The van der Waals surface area contributed by atoms with Crippen molar-refractivity contribution in [3.8, 4) is 0 Å². The Bertz CT molecular complexity index is 964. The predicted molar refractivity (Wildman–Crippen MR) is 111 cm³/mol. The van der Waals surface area contributed by atoms with Crippen molar-refractivity contribution in [2.75, 3.05) is 6.61 Å². The minimum atomic E-state index is -0.250. The Morgan fingerprint density at radius 2 is 1.85 bits per heavy atom. The molecule has 4 nitrogen and oxygen atoms in total. The molecule has 4 heteroatoms. The van der Waals surface area contributed by atoms with Crippen molar-refractivity contribution < 1.29 is 9.53 Å². The fourth-order valence-corrected chi connectivity index (χ4v) is 4.67. The number of aryl methyl sites for hydroxylation is 2. The standard InChI is InChI=1S/C23H30N2O2/c1-3-5-6-11-16-24-19-14-9-7-12-17(19)22-21(24)18-13-8-10-15-20(18)25(22)23(26)27-4-2/h8,10,13,15H,3-7,9,11-12,14,16H2,1-2H3. The molecule has 0 N–H and O–H groups in total. The molecule has 1 aliphatic rings. The van der Waals surface area contributed by atoms with Crippen LogP contribution in [-0.2, 0) is 24.1 Å². The summed E-state index contributed by atoms with van der Waals surface area (Å²) in [7, 11) is 0. The van der Waals surface area contributed by atoms with Crippen LogP contribution in [0.2, 0.25) is 0 Å². The molecule has 2 heterocycles. The lowest BCUT2D eigenvalue weighted by atomic mass is 9.97. The first-order valence-corrected chi connectivity index (χ1v) is 10.6. The topological polar surface area (TPSA) is 36.2 Å². The number of benzene rings is 1. The minimum absolute atomic E-state index is 0.250. The zero-order chi connectivity index (χ0) is 18.8. The second-order valence-corrected chi connectivity index (χ2v) is 7.59. The molecule has 0 saturated carbocycles. The summed E-state index contributed by atoms with van der Waals surface area (Å²) in [6.07, 6.45) is 9.37. The van der Waals surface area contributed by atoms with Crippen LogP contribution in [0.4, 0.5) is 4.79 Å². The molecular weight excluding hydrogens is 336 g/mol. The van der Waals surface area contributed by atoms with Crippen molar-refractivity contribution in [3.05, 3.63) is 35.5 Å². The van der Waals surface area contributed by atoms with E-state index in [4.69, 9.17) is 4.74 Å². The van der Waals surface area contributed by atoms with E-state index >= 15 is 0 Å². The molecule has 0 saturated heterocycles. The van der Waals surface area contributed by atoms with Gasteiger partial charge in [0, 0.05) is 17.6 Å². The second-order valence-electron chi connectivity index (χ2n) is 7.59. The highest BCUT2D eigenvalue weighted by Crippen LogP contribution is 2.39. The van der Waals surface area contributed by atoms with Gasteiger partial charge in [0.25, 0.3) is 0 Å². The first-order valence-electron chi connectivity index (χ1n) is 10.6. The van der Waals surface area contributed by atoms with Crippen molar-refractivity contribution >= 4 is 28.0 Å². The summed E-state index contributed by atoms with van der Waals surface area (Å²) in [4.78, 5) is 12.9. The summed E-state index contributed by atoms with van der Waals surface area (Å²) >= 11 is 0. The highest BCUT2D eigenvalue weighted by atomic mass is 16.5. The van der Waals surface area contributed by atoms with Gasteiger partial charge in [-0.3, -0.25) is 0 Å². The Morgan fingerprint density at radius 1 is 1.04 bits per heavy atom. The molecule has 4 rings (SSSR count). The third kappa shape index (κ3) is 3.05. The van der Waals surface area contributed by atoms with E-state index in [0.29, 0.717) is 6.61 Å². The number of fused-ring (bicyclic) bond motifs is 5. The Hall–Kier alpha value is -2.23. The second kappa shape index (κ2) is 7.79. The third-order valence-corrected chi connectivity index (χ3v) is 5.85. The van der Waals surface area contributed by atoms with Gasteiger partial charge in [-0.15, -0.1) is 0 Å². The van der Waals surface area contributed by atoms with Gasteiger partial charge in [-0.2, -0.15) is 0 Å². The zero-order valence-electron chi connectivity index (χ0n) is 16.6. The largest absolute Gasteiger partial charge is 0.449 e. The number of para-hydroxylation sites is 1. The smallest absolute Gasteiger partial charge is 0.419 e. The van der Waals surface area contributed by atoms with Crippen LogP contribution in [-0.4, -0.2) is 21.8 Å². The summed E-state index contributed by atoms with van der Waals surface area (Å²) in [5, 5.41) is 1.17. The number of hydrogen-bond acceptors (Lipinski definition) is 2. The number of carbonyl (C=O) groups is 1. The van der Waals surface area contributed by atoms with Crippen molar-refractivity contribution in [1.29, 1.82) is 0 Å². The number of nitrogens with zero attached hydrogens (tertiary/aromatic N) is 2. The first kappa shape index (κ1) is 18.1. The summed E-state index contributed by atoms with van der Waals surface area (Å²) < 4.78 is 9.79. The highest BCUT2D eigenvalue weighted by molar-refractivity contribution is 6.12. The summed E-state index contributed by atoms with van der Waals surface area (Å²) in [6.45, 7) is 5.56. The van der Waals surface area contributed by atoms with E-state index in [1.165, 1.54) is 60.7 Å². The van der Waals surface area contributed by atoms with Gasteiger partial charge in [-0.25, -0.2) is 9.36 Å². The zero-order valence-corrected chi connectivity index (χ0v) is 16.6. The van der Waals surface area contributed by atoms with Crippen LogP contribution in [0.3, 0.4) is 0 Å². The van der Waals surface area contributed by atoms with Crippen molar-refractivity contribution in [2.24, 2.45) is 0 Å². The van der Waals surface area contributed by atoms with Crippen LogP contribution in [0.25, 0.3) is 21.9 Å². The molecule has 0 fully saturated rings. The molecule has 0 bridgehead atoms. The lowest BCUT2D eigenvalue weighted by molar-refractivity contribution is 0.156. The average Bonchev–Trinajstić information content (AvgIpc) is 3.19. The van der Waals surface area contributed by atoms with Gasteiger partial charge in [0.05, 0.1) is 23.2 Å². The number of unbranched alkanes of at least 4 members (excludes halogenated alkanes) is 3. The van der Waals surface area contributed by atoms with Crippen molar-refractivity contribution in [2.45, 2.75) is 71.8 Å². The summed E-state index contributed by atoms with van der Waals surface area (Å²) in [5.41, 5.74) is 6.13. The Morgan fingerprint density at radius 3 is 2.67 bits per heavy atom. The Kier molecular flexibility index (Phi) is 5.24. The number of hydrogen-bond donors (Lipinski definition) is 0. The molecular formula is C23H30N2O2. The normalized spacial score (nSPS) is 14.0. The van der Waals surface area contributed by atoms with Crippen LogP contribution >= 0.6 is 0 Å². The van der Waals surface area contributed by atoms with Crippen molar-refractivity contribution in [1.82, 2.24) is 9.13 Å². The molecule has 0 amide bonds. The van der Waals surface area contributed by atoms with Crippen LogP contribution in [0, 0.1) is 0 Å². The van der Waals surface area contributed by atoms with Gasteiger partial charge in [-0.05, 0) is 50.7 Å². The van der Waals surface area contributed by atoms with Gasteiger partial charge in [0.1, 0.15) is 0 Å². The maximum Gasteiger partial charge on any atom is 0.419 e. The average molecular weight is 367 g/mol. The lowest BCUT2D eigenvalue weighted by Gasteiger charge is -2.17. The van der Waals surface area contributed by atoms with E-state index in [0.717, 1.165) is 30.4 Å². The molecule has 0 unspecified atom stereocenters. The van der Waals surface area contributed by atoms with Gasteiger partial charge >= 0.3 is 6.09 Å². The molecule has 0 aliphatic heterocycles. The molecule has 1 aliphatic carbocycles. The highest BCUT2D eigenvalue weighted by Gasteiger charge is 2.28. The third-order valence-electron chi connectivity index (χ3n) is 5.85. The first-order chi connectivity index (χ1) is 13.3. The van der Waals surface area contributed by atoms with Gasteiger partial charge in [0.15, 0.2) is 0 Å². The summed E-state index contributed by atoms with van der Waals surface area (Å²) in [6, 6.07) is 8.28. The predicted octanol–water partition coefficient (Wildman–Crippen LogP) is 6.06. The van der Waals surface area contributed by atoms with Crippen LogP contribution in [0.15, 0.2) is 24.3 Å². The number of ether oxygens (including phenoxy) is 1. The molecule has 0 radical (unpaired) electrons. The summed E-state index contributed by atoms with van der Waals surface area (Å²) in [5.74, 6) is 0. The van der Waals surface area contributed by atoms with Crippen LogP contribution < -0.4 is 0 Å². The monoisotopic (exact) mass is 366 g/mol. The molecule has 0 spiro atoms. The minimum Gasteiger partial charge on any atom is -0.449 e. The maximum atomic E-state index is 12.9. The fraction of sp³-hybridized carbons (Fsp3) is 0.522. The molecule has 1 aromatic carbocycles. The molecule has 0 atom stereocenters. The van der Waals surface area contributed by atoms with Crippen LogP contribution in [0.5, 0.6) is 0 Å². The van der Waals surface area contributed by atoms with Crippen molar-refractivity contribution in [3.63, 3.8) is 0 Å². The SMILES string of the molecule is CCCCCCn1c2c(c3c1c1ccccc1n3C(=O)OCC)CCCC2. The number of rotatable bonds is 6. The van der Waals surface area contributed by atoms with E-state index in [1.54, 1.807) is 0 Å². The van der Waals surface area contributed by atoms with E-state index in [2.05, 4.69) is 23.6 Å². The molecule has 3 aromatic rings. The van der Waals surface area contributed by atoms with E-state index in [-0.39, 0.29) is 6.09 Å². The fourth-order valence-electron chi connectivity index (χ4n) is 4.67. The maximum absolute atomic E-state index is 12.9. The van der Waals surface area contributed by atoms with Gasteiger partial charge < -0.3 is 9.30 Å². The van der Waals surface area contributed by atoms with E-state index < -0.39 is 0 Å². The van der Waals surface area contributed by atoms with Crippen LogP contribution in [0.1, 0.15) is 63.6 Å². The number of carbonyl (C=O) groups excluding carboxylic acids is 1.